The van der Waals surface area contributed by atoms with Gasteiger partial charge in [0.1, 0.15) is 6.33 Å². The van der Waals surface area contributed by atoms with Crippen molar-refractivity contribution in [1.82, 2.24) is 9.97 Å². The van der Waals surface area contributed by atoms with E-state index >= 15 is 0 Å². The molecule has 76 valence electrons. The molecule has 0 aliphatic carbocycles. The monoisotopic (exact) mass is 198 g/mol. The van der Waals surface area contributed by atoms with E-state index in [0.29, 0.717) is 5.92 Å². The predicted molar refractivity (Wildman–Crippen MR) is 60.7 cm³/mol. The van der Waals surface area contributed by atoms with Gasteiger partial charge in [0.05, 0.1) is 0 Å². The first kappa shape index (κ1) is 9.84. The number of hydrogen-bond acceptors (Lipinski definition) is 2. The van der Waals surface area contributed by atoms with Crippen LogP contribution in [-0.4, -0.2) is 9.97 Å². The number of aryl methyl sites for hydroxylation is 1. The molecule has 15 heavy (non-hydrogen) atoms. The summed E-state index contributed by atoms with van der Waals surface area (Å²) in [5.41, 5.74) is 3.56. The van der Waals surface area contributed by atoms with Crippen LogP contribution in [0.2, 0.25) is 0 Å². The van der Waals surface area contributed by atoms with Crippen LogP contribution in [0.5, 0.6) is 0 Å². The Labute approximate surface area is 90.0 Å². The third kappa shape index (κ3) is 2.04. The van der Waals surface area contributed by atoms with Crippen molar-refractivity contribution >= 4 is 0 Å². The second kappa shape index (κ2) is 4.22. The molecule has 1 unspecified atom stereocenters. The lowest BCUT2D eigenvalue weighted by Gasteiger charge is -2.13. The van der Waals surface area contributed by atoms with Gasteiger partial charge in [-0.2, -0.15) is 0 Å². The highest BCUT2D eigenvalue weighted by Crippen LogP contribution is 2.24. The lowest BCUT2D eigenvalue weighted by atomic mass is 9.93. The summed E-state index contributed by atoms with van der Waals surface area (Å²) in [5, 5.41) is 0. The van der Waals surface area contributed by atoms with Gasteiger partial charge in [-0.25, -0.2) is 9.97 Å². The summed E-state index contributed by atoms with van der Waals surface area (Å²) >= 11 is 0. The van der Waals surface area contributed by atoms with E-state index in [-0.39, 0.29) is 0 Å². The zero-order valence-electron chi connectivity index (χ0n) is 9.01. The topological polar surface area (TPSA) is 25.8 Å². The van der Waals surface area contributed by atoms with Crippen molar-refractivity contribution in [2.75, 3.05) is 0 Å². The van der Waals surface area contributed by atoms with Crippen LogP contribution in [-0.2, 0) is 0 Å². The van der Waals surface area contributed by atoms with Gasteiger partial charge in [0, 0.05) is 17.8 Å². The molecular formula is C13H14N2. The zero-order valence-corrected chi connectivity index (χ0v) is 9.01. The molecular weight excluding hydrogens is 184 g/mol. The molecule has 1 heterocycles. The summed E-state index contributed by atoms with van der Waals surface area (Å²) in [6.45, 7) is 4.21. The Hall–Kier alpha value is -1.70. The van der Waals surface area contributed by atoms with Crippen LogP contribution in [0.3, 0.4) is 0 Å². The number of nitrogens with zero attached hydrogens (tertiary/aromatic N) is 2. The second-order valence-electron chi connectivity index (χ2n) is 3.70. The van der Waals surface area contributed by atoms with Crippen molar-refractivity contribution in [2.45, 2.75) is 19.8 Å². The summed E-state index contributed by atoms with van der Waals surface area (Å²) in [6, 6.07) is 10.4. The molecule has 0 amide bonds. The van der Waals surface area contributed by atoms with E-state index in [9.17, 15) is 0 Å². The van der Waals surface area contributed by atoms with Crippen LogP contribution in [0.25, 0.3) is 0 Å². The Morgan fingerprint density at radius 2 is 1.87 bits per heavy atom. The minimum absolute atomic E-state index is 0.354. The maximum Gasteiger partial charge on any atom is 0.115 e. The first-order valence-electron chi connectivity index (χ1n) is 5.10. The molecule has 0 aliphatic rings. The number of aromatic nitrogens is 2. The van der Waals surface area contributed by atoms with Crippen molar-refractivity contribution in [3.05, 3.63) is 59.7 Å². The quantitative estimate of drug-likeness (QED) is 0.741. The van der Waals surface area contributed by atoms with Gasteiger partial charge >= 0.3 is 0 Å². The lowest BCUT2D eigenvalue weighted by Crippen LogP contribution is -2.00. The molecule has 1 aromatic heterocycles. The van der Waals surface area contributed by atoms with Crippen LogP contribution in [0.4, 0.5) is 0 Å². The molecule has 0 radical (unpaired) electrons. The normalized spacial score (nSPS) is 12.4. The van der Waals surface area contributed by atoms with Gasteiger partial charge in [0.25, 0.3) is 0 Å². The van der Waals surface area contributed by atoms with Gasteiger partial charge in [-0.05, 0) is 18.1 Å². The summed E-state index contributed by atoms with van der Waals surface area (Å²) in [4.78, 5) is 8.30. The molecule has 1 aromatic carbocycles. The Morgan fingerprint density at radius 3 is 2.53 bits per heavy atom. The Kier molecular flexibility index (Phi) is 2.77. The van der Waals surface area contributed by atoms with Crippen LogP contribution in [0.1, 0.15) is 29.7 Å². The molecule has 0 aliphatic heterocycles. The first-order chi connectivity index (χ1) is 7.29. The van der Waals surface area contributed by atoms with E-state index in [0.717, 1.165) is 5.69 Å². The second-order valence-corrected chi connectivity index (χ2v) is 3.70. The van der Waals surface area contributed by atoms with Gasteiger partial charge in [0.2, 0.25) is 0 Å². The highest BCUT2D eigenvalue weighted by molar-refractivity contribution is 5.31. The molecule has 2 aromatic rings. The zero-order chi connectivity index (χ0) is 10.7. The van der Waals surface area contributed by atoms with Crippen molar-refractivity contribution in [2.24, 2.45) is 0 Å². The maximum atomic E-state index is 4.21. The molecule has 2 rings (SSSR count). The average molecular weight is 198 g/mol. The molecule has 0 spiro atoms. The van der Waals surface area contributed by atoms with Crippen LogP contribution >= 0.6 is 0 Å². The van der Waals surface area contributed by atoms with E-state index < -0.39 is 0 Å². The lowest BCUT2D eigenvalue weighted by molar-refractivity contribution is 0.873. The fourth-order valence-corrected chi connectivity index (χ4v) is 1.75. The number of rotatable bonds is 2. The molecule has 2 nitrogen and oxygen atoms in total. The third-order valence-corrected chi connectivity index (χ3v) is 2.72. The third-order valence-electron chi connectivity index (χ3n) is 2.72. The Morgan fingerprint density at radius 1 is 1.13 bits per heavy atom. The summed E-state index contributed by atoms with van der Waals surface area (Å²) in [5.74, 6) is 0.354. The van der Waals surface area contributed by atoms with Gasteiger partial charge in [-0.3, -0.25) is 0 Å². The largest absolute Gasteiger partial charge is 0.244 e. The van der Waals surface area contributed by atoms with Crippen LogP contribution < -0.4 is 0 Å². The van der Waals surface area contributed by atoms with Gasteiger partial charge in [-0.1, -0.05) is 37.3 Å². The average Bonchev–Trinajstić information content (AvgIpc) is 2.30. The summed E-state index contributed by atoms with van der Waals surface area (Å²) in [7, 11) is 0. The predicted octanol–water partition coefficient (Wildman–Crippen LogP) is 2.94. The molecule has 0 saturated heterocycles. The van der Waals surface area contributed by atoms with Crippen LogP contribution in [0.15, 0.2) is 42.9 Å². The standard InChI is InChI=1S/C13H14N2/c1-10(12-6-4-3-5-7-12)13-8-14-9-15-11(13)2/h3-10H,1-2H3. The van der Waals surface area contributed by atoms with Gasteiger partial charge in [-0.15, -0.1) is 0 Å². The number of benzene rings is 1. The smallest absolute Gasteiger partial charge is 0.115 e. The van der Waals surface area contributed by atoms with E-state index in [4.69, 9.17) is 0 Å². The van der Waals surface area contributed by atoms with Gasteiger partial charge in [0.15, 0.2) is 0 Å². The van der Waals surface area contributed by atoms with E-state index in [2.05, 4.69) is 41.2 Å². The minimum Gasteiger partial charge on any atom is -0.244 e. The summed E-state index contributed by atoms with van der Waals surface area (Å²) in [6.07, 6.45) is 3.50. The highest BCUT2D eigenvalue weighted by Gasteiger charge is 2.10. The van der Waals surface area contributed by atoms with E-state index in [1.54, 1.807) is 6.33 Å². The SMILES string of the molecule is Cc1ncncc1C(C)c1ccccc1. The Bertz CT molecular complexity index is 437. The molecule has 0 saturated carbocycles. The van der Waals surface area contributed by atoms with Crippen molar-refractivity contribution in [1.29, 1.82) is 0 Å². The van der Waals surface area contributed by atoms with Crippen molar-refractivity contribution < 1.29 is 0 Å². The first-order valence-corrected chi connectivity index (χ1v) is 5.10. The minimum atomic E-state index is 0.354. The van der Waals surface area contributed by atoms with Crippen LogP contribution in [0, 0.1) is 6.92 Å². The van der Waals surface area contributed by atoms with Crippen molar-refractivity contribution in [3.63, 3.8) is 0 Å². The fraction of sp³-hybridized carbons (Fsp3) is 0.231. The highest BCUT2D eigenvalue weighted by atomic mass is 14.8. The molecule has 2 heteroatoms. The molecule has 0 bridgehead atoms. The van der Waals surface area contributed by atoms with E-state index in [1.165, 1.54) is 11.1 Å². The number of hydrogen-bond donors (Lipinski definition) is 0. The van der Waals surface area contributed by atoms with Gasteiger partial charge < -0.3 is 0 Å². The van der Waals surface area contributed by atoms with E-state index in [1.807, 2.05) is 19.2 Å². The maximum absolute atomic E-state index is 4.21. The summed E-state index contributed by atoms with van der Waals surface area (Å²) < 4.78 is 0. The molecule has 0 fully saturated rings. The van der Waals surface area contributed by atoms with Crippen molar-refractivity contribution in [3.8, 4) is 0 Å². The molecule has 1 atom stereocenters. The fourth-order valence-electron chi connectivity index (χ4n) is 1.75. The Balaban J connectivity index is 2.37. The molecule has 0 N–H and O–H groups in total.